The second-order valence-corrected chi connectivity index (χ2v) is 7.41. The van der Waals surface area contributed by atoms with Crippen LogP contribution in [0.1, 0.15) is 5.56 Å². The van der Waals surface area contributed by atoms with E-state index in [9.17, 15) is 0 Å². The largest absolute Gasteiger partial charge is 0.497 e. The molecule has 156 valence electrons. The molecule has 0 bridgehead atoms. The number of nitrogens with one attached hydrogen (secondary N) is 1. The molecule has 4 aromatic rings. The van der Waals surface area contributed by atoms with Crippen LogP contribution in [0.15, 0.2) is 91.4 Å². The molecule has 2 heterocycles. The third kappa shape index (κ3) is 5.27. The monoisotopic (exact) mass is 410 g/mol. The lowest BCUT2D eigenvalue weighted by molar-refractivity contribution is 0.415. The number of anilines is 1. The number of hydrogen-bond acceptors (Lipinski definition) is 5. The van der Waals surface area contributed by atoms with Crippen LogP contribution in [0.25, 0.3) is 22.3 Å². The summed E-state index contributed by atoms with van der Waals surface area (Å²) >= 11 is 0. The molecule has 0 saturated carbocycles. The van der Waals surface area contributed by atoms with Crippen LogP contribution in [0.2, 0.25) is 0 Å². The summed E-state index contributed by atoms with van der Waals surface area (Å²) in [6, 6.07) is 24.4. The number of ether oxygens (including phenoxy) is 1. The van der Waals surface area contributed by atoms with Crippen molar-refractivity contribution in [1.29, 1.82) is 0 Å². The Balaban J connectivity index is 1.57. The van der Waals surface area contributed by atoms with Crippen molar-refractivity contribution in [2.75, 3.05) is 19.0 Å². The van der Waals surface area contributed by atoms with E-state index < -0.39 is 0 Å². The van der Waals surface area contributed by atoms with Gasteiger partial charge >= 0.3 is 0 Å². The van der Waals surface area contributed by atoms with E-state index in [0.717, 1.165) is 40.2 Å². The van der Waals surface area contributed by atoms with Crippen LogP contribution in [0.5, 0.6) is 5.75 Å². The van der Waals surface area contributed by atoms with Crippen LogP contribution >= 0.6 is 0 Å². The van der Waals surface area contributed by atoms with Gasteiger partial charge < -0.3 is 15.8 Å². The summed E-state index contributed by atoms with van der Waals surface area (Å²) < 4.78 is 5.29. The van der Waals surface area contributed by atoms with Gasteiger partial charge in [0, 0.05) is 36.7 Å². The summed E-state index contributed by atoms with van der Waals surface area (Å²) in [6.45, 7) is 0.638. The molecule has 2 aromatic heterocycles. The van der Waals surface area contributed by atoms with E-state index in [1.54, 1.807) is 19.5 Å². The van der Waals surface area contributed by atoms with Crippen LogP contribution in [0, 0.1) is 0 Å². The summed E-state index contributed by atoms with van der Waals surface area (Å²) in [7, 11) is 1.67. The molecule has 4 rings (SSSR count). The summed E-state index contributed by atoms with van der Waals surface area (Å²) in [6.07, 6.45) is 6.32. The van der Waals surface area contributed by atoms with E-state index in [4.69, 9.17) is 10.5 Å². The van der Waals surface area contributed by atoms with Crippen molar-refractivity contribution >= 4 is 5.82 Å². The molecule has 0 radical (unpaired) electrons. The molecule has 0 amide bonds. The zero-order chi connectivity index (χ0) is 21.5. The minimum Gasteiger partial charge on any atom is -0.497 e. The maximum atomic E-state index is 6.34. The van der Waals surface area contributed by atoms with E-state index in [2.05, 4.69) is 33.5 Å². The van der Waals surface area contributed by atoms with Gasteiger partial charge in [0.1, 0.15) is 11.6 Å². The van der Waals surface area contributed by atoms with Gasteiger partial charge in [-0.1, -0.05) is 42.5 Å². The van der Waals surface area contributed by atoms with Crippen molar-refractivity contribution < 1.29 is 4.74 Å². The Morgan fingerprint density at radius 3 is 2.32 bits per heavy atom. The number of methoxy groups -OCH3 is 1. The topological polar surface area (TPSA) is 73.1 Å². The first-order chi connectivity index (χ1) is 15.2. The van der Waals surface area contributed by atoms with Crippen LogP contribution in [0.3, 0.4) is 0 Å². The molecule has 0 aliphatic rings. The van der Waals surface area contributed by atoms with Gasteiger partial charge in [0.25, 0.3) is 0 Å². The zero-order valence-electron chi connectivity index (χ0n) is 17.5. The molecule has 3 N–H and O–H groups in total. The SMILES string of the molecule is COc1ccc(-c2cnc(NCC(N)Cc3ccccc3)cc2-c2ccncc2)cc1. The fourth-order valence-corrected chi connectivity index (χ4v) is 3.55. The van der Waals surface area contributed by atoms with Crippen molar-refractivity contribution in [3.63, 3.8) is 0 Å². The second kappa shape index (κ2) is 9.87. The highest BCUT2D eigenvalue weighted by molar-refractivity contribution is 5.84. The fourth-order valence-electron chi connectivity index (χ4n) is 3.55. The van der Waals surface area contributed by atoms with E-state index >= 15 is 0 Å². The zero-order valence-corrected chi connectivity index (χ0v) is 17.5. The van der Waals surface area contributed by atoms with Gasteiger partial charge in [0.05, 0.1) is 7.11 Å². The number of hydrogen-bond donors (Lipinski definition) is 2. The summed E-state index contributed by atoms with van der Waals surface area (Å²) in [5, 5.41) is 3.40. The molecule has 5 heteroatoms. The smallest absolute Gasteiger partial charge is 0.126 e. The molecule has 1 unspecified atom stereocenters. The fraction of sp³-hybridized carbons (Fsp3) is 0.154. The number of rotatable bonds is 8. The van der Waals surface area contributed by atoms with Gasteiger partial charge in [-0.3, -0.25) is 4.98 Å². The Hall–Kier alpha value is -3.70. The highest BCUT2D eigenvalue weighted by Gasteiger charge is 2.11. The number of pyridine rings is 2. The lowest BCUT2D eigenvalue weighted by Crippen LogP contribution is -2.31. The van der Waals surface area contributed by atoms with Crippen LogP contribution in [0.4, 0.5) is 5.82 Å². The number of nitrogens with zero attached hydrogens (tertiary/aromatic N) is 2. The molecule has 0 aliphatic carbocycles. The summed E-state index contributed by atoms with van der Waals surface area (Å²) in [5.74, 6) is 1.63. The first-order valence-electron chi connectivity index (χ1n) is 10.3. The average molecular weight is 411 g/mol. The van der Waals surface area contributed by atoms with Gasteiger partial charge in [-0.25, -0.2) is 4.98 Å². The predicted octanol–water partition coefficient (Wildman–Crippen LogP) is 4.80. The van der Waals surface area contributed by atoms with E-state index in [1.807, 2.05) is 60.8 Å². The van der Waals surface area contributed by atoms with Crippen LogP contribution in [-0.4, -0.2) is 29.7 Å². The average Bonchev–Trinajstić information content (AvgIpc) is 2.84. The number of benzene rings is 2. The number of nitrogens with two attached hydrogens (primary N) is 1. The Bertz CT molecular complexity index is 1100. The van der Waals surface area contributed by atoms with Crippen LogP contribution < -0.4 is 15.8 Å². The van der Waals surface area contributed by atoms with Crippen molar-refractivity contribution in [2.24, 2.45) is 5.73 Å². The van der Waals surface area contributed by atoms with Gasteiger partial charge in [-0.15, -0.1) is 0 Å². The van der Waals surface area contributed by atoms with E-state index in [-0.39, 0.29) is 6.04 Å². The van der Waals surface area contributed by atoms with Crippen molar-refractivity contribution in [3.8, 4) is 28.0 Å². The third-order valence-electron chi connectivity index (χ3n) is 5.18. The van der Waals surface area contributed by atoms with Crippen LogP contribution in [-0.2, 0) is 6.42 Å². The van der Waals surface area contributed by atoms with E-state index in [1.165, 1.54) is 5.56 Å². The Morgan fingerprint density at radius 2 is 1.61 bits per heavy atom. The molecule has 0 saturated heterocycles. The van der Waals surface area contributed by atoms with Crippen molar-refractivity contribution in [3.05, 3.63) is 97.0 Å². The Kier molecular flexibility index (Phi) is 6.55. The lowest BCUT2D eigenvalue weighted by Gasteiger charge is -2.16. The van der Waals surface area contributed by atoms with Gasteiger partial charge in [-0.05, 0) is 59.0 Å². The first kappa shape index (κ1) is 20.6. The Labute approximate surface area is 183 Å². The molecular formula is C26H26N4O. The maximum Gasteiger partial charge on any atom is 0.126 e. The molecule has 0 spiro atoms. The number of aromatic nitrogens is 2. The molecular weight excluding hydrogens is 384 g/mol. The van der Waals surface area contributed by atoms with Crippen molar-refractivity contribution in [1.82, 2.24) is 9.97 Å². The molecule has 0 aliphatic heterocycles. The summed E-state index contributed by atoms with van der Waals surface area (Å²) in [5.41, 5.74) is 11.9. The Morgan fingerprint density at radius 1 is 0.903 bits per heavy atom. The minimum absolute atomic E-state index is 0.00478. The highest BCUT2D eigenvalue weighted by Crippen LogP contribution is 2.33. The quantitative estimate of drug-likeness (QED) is 0.436. The molecule has 1 atom stereocenters. The predicted molar refractivity (Wildman–Crippen MR) is 126 cm³/mol. The maximum absolute atomic E-state index is 6.34. The van der Waals surface area contributed by atoms with Gasteiger partial charge in [0.2, 0.25) is 0 Å². The van der Waals surface area contributed by atoms with E-state index in [0.29, 0.717) is 6.54 Å². The van der Waals surface area contributed by atoms with Gasteiger partial charge in [-0.2, -0.15) is 0 Å². The highest BCUT2D eigenvalue weighted by atomic mass is 16.5. The first-order valence-corrected chi connectivity index (χ1v) is 10.3. The lowest BCUT2D eigenvalue weighted by atomic mass is 9.97. The minimum atomic E-state index is -0.00478. The third-order valence-corrected chi connectivity index (χ3v) is 5.18. The molecule has 31 heavy (non-hydrogen) atoms. The molecule has 2 aromatic carbocycles. The van der Waals surface area contributed by atoms with Crippen molar-refractivity contribution in [2.45, 2.75) is 12.5 Å². The van der Waals surface area contributed by atoms with Gasteiger partial charge in [0.15, 0.2) is 0 Å². The normalized spacial score (nSPS) is 11.7. The molecule has 0 fully saturated rings. The second-order valence-electron chi connectivity index (χ2n) is 7.41. The standard InChI is InChI=1S/C26H26N4O/c1-31-23-9-7-20(8-10-23)25-18-30-26(16-24(25)21-11-13-28-14-12-21)29-17-22(27)15-19-5-3-2-4-6-19/h2-14,16,18,22H,15,17,27H2,1H3,(H,29,30). The summed E-state index contributed by atoms with van der Waals surface area (Å²) in [4.78, 5) is 8.80. The molecule has 5 nitrogen and oxygen atoms in total.